The number of anilines is 1. The van der Waals surface area contributed by atoms with E-state index in [-0.39, 0.29) is 11.8 Å². The first kappa shape index (κ1) is 11.4. The molecule has 0 radical (unpaired) electrons. The van der Waals surface area contributed by atoms with Gasteiger partial charge in [0.15, 0.2) is 5.11 Å². The summed E-state index contributed by atoms with van der Waals surface area (Å²) in [4.78, 5) is 14.1. The van der Waals surface area contributed by atoms with E-state index < -0.39 is 0 Å². The molecule has 1 atom stereocenters. The third kappa shape index (κ3) is 1.82. The zero-order valence-electron chi connectivity index (χ0n) is 9.93. The summed E-state index contributed by atoms with van der Waals surface area (Å²) in [7, 11) is 0. The topological polar surface area (TPSA) is 32.3 Å². The molecule has 1 saturated heterocycles. The number of allylic oxidation sites excluding steroid dienone is 1. The van der Waals surface area contributed by atoms with E-state index in [2.05, 4.69) is 11.4 Å². The van der Waals surface area contributed by atoms with Gasteiger partial charge >= 0.3 is 0 Å². The van der Waals surface area contributed by atoms with E-state index >= 15 is 0 Å². The molecule has 2 aliphatic rings. The highest BCUT2D eigenvalue weighted by atomic mass is 32.1. The molecule has 0 bridgehead atoms. The van der Waals surface area contributed by atoms with Crippen molar-refractivity contribution < 1.29 is 4.79 Å². The number of hydrogen-bond acceptors (Lipinski definition) is 2. The number of rotatable bonds is 1. The first-order valence-electron chi connectivity index (χ1n) is 6.17. The quantitative estimate of drug-likeness (QED) is 0.786. The molecule has 1 aliphatic carbocycles. The third-order valence-corrected chi connectivity index (χ3v) is 3.71. The highest BCUT2D eigenvalue weighted by molar-refractivity contribution is 7.80. The highest BCUT2D eigenvalue weighted by Gasteiger charge is 2.37. The van der Waals surface area contributed by atoms with Crippen molar-refractivity contribution in [2.75, 3.05) is 4.90 Å². The molecule has 1 aromatic rings. The molecule has 1 fully saturated rings. The van der Waals surface area contributed by atoms with Gasteiger partial charge in [-0.1, -0.05) is 24.3 Å². The molecule has 1 heterocycles. The van der Waals surface area contributed by atoms with Crippen molar-refractivity contribution in [1.82, 2.24) is 5.32 Å². The molecule has 0 aromatic heterocycles. The smallest absolute Gasteiger partial charge is 0.242 e. The van der Waals surface area contributed by atoms with Crippen LogP contribution in [0.15, 0.2) is 42.1 Å². The van der Waals surface area contributed by atoms with Gasteiger partial charge in [-0.15, -0.1) is 0 Å². The second-order valence-electron chi connectivity index (χ2n) is 4.58. The van der Waals surface area contributed by atoms with Crippen LogP contribution in [0.1, 0.15) is 19.3 Å². The summed E-state index contributed by atoms with van der Waals surface area (Å²) in [5.74, 6) is 0.0431. The Labute approximate surface area is 111 Å². The monoisotopic (exact) mass is 258 g/mol. The van der Waals surface area contributed by atoms with Crippen molar-refractivity contribution in [2.24, 2.45) is 5.92 Å². The zero-order chi connectivity index (χ0) is 12.5. The maximum Gasteiger partial charge on any atom is 0.242 e. The van der Waals surface area contributed by atoms with E-state index in [0.29, 0.717) is 5.11 Å². The van der Waals surface area contributed by atoms with Crippen molar-refractivity contribution in [2.45, 2.75) is 19.3 Å². The Balaban J connectivity index is 1.97. The number of carbonyl (C=O) groups is 1. The predicted molar refractivity (Wildman–Crippen MR) is 75.1 cm³/mol. The van der Waals surface area contributed by atoms with E-state index in [1.165, 1.54) is 0 Å². The standard InChI is InChI=1S/C14H14N2OS/c17-13-11-8-4-5-9-12(11)15-14(18)16(13)10-6-2-1-3-7-10/h1-3,6-7,9,11H,4-5,8H2,(H,15,18). The molecule has 3 rings (SSSR count). The molecule has 18 heavy (non-hydrogen) atoms. The van der Waals surface area contributed by atoms with E-state index in [4.69, 9.17) is 12.2 Å². The Morgan fingerprint density at radius 3 is 2.83 bits per heavy atom. The van der Waals surface area contributed by atoms with E-state index in [1.807, 2.05) is 30.3 Å². The number of para-hydroxylation sites is 1. The Morgan fingerprint density at radius 2 is 2.06 bits per heavy atom. The second-order valence-corrected chi connectivity index (χ2v) is 4.97. The molecule has 1 N–H and O–H groups in total. The molecular weight excluding hydrogens is 244 g/mol. The molecular formula is C14H14N2OS. The van der Waals surface area contributed by atoms with Crippen LogP contribution >= 0.6 is 12.2 Å². The molecule has 3 nitrogen and oxygen atoms in total. The van der Waals surface area contributed by atoms with Crippen molar-refractivity contribution in [1.29, 1.82) is 0 Å². The van der Waals surface area contributed by atoms with Crippen LogP contribution < -0.4 is 10.2 Å². The highest BCUT2D eigenvalue weighted by Crippen LogP contribution is 2.30. The minimum absolute atomic E-state index is 0.0503. The number of amides is 1. The van der Waals surface area contributed by atoms with Crippen molar-refractivity contribution in [3.8, 4) is 0 Å². The summed E-state index contributed by atoms with van der Waals surface area (Å²) in [6.07, 6.45) is 5.10. The summed E-state index contributed by atoms with van der Waals surface area (Å²) in [5.41, 5.74) is 1.83. The van der Waals surface area contributed by atoms with Gasteiger partial charge in [0.1, 0.15) is 0 Å². The van der Waals surface area contributed by atoms with Gasteiger partial charge in [-0.2, -0.15) is 0 Å². The number of nitrogens with one attached hydrogen (secondary N) is 1. The van der Waals surface area contributed by atoms with Crippen molar-refractivity contribution in [3.05, 3.63) is 42.1 Å². The summed E-state index contributed by atoms with van der Waals surface area (Å²) >= 11 is 5.31. The summed E-state index contributed by atoms with van der Waals surface area (Å²) in [6.45, 7) is 0. The molecule has 1 amide bonds. The predicted octanol–water partition coefficient (Wildman–Crippen LogP) is 2.59. The molecule has 0 saturated carbocycles. The van der Waals surface area contributed by atoms with Crippen LogP contribution in [-0.2, 0) is 4.79 Å². The minimum atomic E-state index is -0.0503. The van der Waals surface area contributed by atoms with Gasteiger partial charge in [0.05, 0.1) is 11.6 Å². The number of hydrogen-bond donors (Lipinski definition) is 1. The van der Waals surface area contributed by atoms with Gasteiger partial charge in [0.25, 0.3) is 0 Å². The fourth-order valence-corrected chi connectivity index (χ4v) is 2.84. The maximum atomic E-state index is 12.5. The largest absolute Gasteiger partial charge is 0.335 e. The number of fused-ring (bicyclic) bond motifs is 1. The lowest BCUT2D eigenvalue weighted by Gasteiger charge is -2.37. The van der Waals surface area contributed by atoms with Crippen molar-refractivity contribution >= 4 is 28.9 Å². The summed E-state index contributed by atoms with van der Waals surface area (Å²) in [6, 6.07) is 9.57. The Bertz CT molecular complexity index is 524. The summed E-state index contributed by atoms with van der Waals surface area (Å²) in [5, 5.41) is 3.68. The van der Waals surface area contributed by atoms with Gasteiger partial charge in [0.2, 0.25) is 5.91 Å². The molecule has 1 unspecified atom stereocenters. The molecule has 1 aliphatic heterocycles. The van der Waals surface area contributed by atoms with Gasteiger partial charge in [-0.25, -0.2) is 0 Å². The zero-order valence-corrected chi connectivity index (χ0v) is 10.7. The SMILES string of the molecule is O=C1C2CCCC=C2NC(=S)N1c1ccccc1. The molecule has 0 spiro atoms. The number of benzene rings is 1. The Hall–Kier alpha value is -1.68. The van der Waals surface area contributed by atoms with Crippen LogP contribution in [-0.4, -0.2) is 11.0 Å². The first-order chi connectivity index (χ1) is 8.77. The average molecular weight is 258 g/mol. The van der Waals surface area contributed by atoms with Crippen molar-refractivity contribution in [3.63, 3.8) is 0 Å². The van der Waals surface area contributed by atoms with E-state index in [9.17, 15) is 4.79 Å². The third-order valence-electron chi connectivity index (χ3n) is 3.42. The molecule has 1 aromatic carbocycles. The first-order valence-corrected chi connectivity index (χ1v) is 6.58. The lowest BCUT2D eigenvalue weighted by molar-refractivity contribution is -0.121. The van der Waals surface area contributed by atoms with E-state index in [0.717, 1.165) is 30.6 Å². The normalized spacial score (nSPS) is 23.2. The number of carbonyl (C=O) groups excluding carboxylic acids is 1. The van der Waals surface area contributed by atoms with Crippen LogP contribution in [0.4, 0.5) is 5.69 Å². The average Bonchev–Trinajstić information content (AvgIpc) is 2.40. The summed E-state index contributed by atoms with van der Waals surface area (Å²) < 4.78 is 0. The van der Waals surface area contributed by atoms with Gasteiger partial charge in [-0.3, -0.25) is 9.69 Å². The molecule has 92 valence electrons. The van der Waals surface area contributed by atoms with Crippen LogP contribution in [0.25, 0.3) is 0 Å². The lowest BCUT2D eigenvalue weighted by Crippen LogP contribution is -2.54. The Kier molecular flexibility index (Phi) is 2.88. The molecule has 4 heteroatoms. The number of thiocarbonyl (C=S) groups is 1. The van der Waals surface area contributed by atoms with Crippen LogP contribution in [0, 0.1) is 5.92 Å². The minimum Gasteiger partial charge on any atom is -0.335 e. The fourth-order valence-electron chi connectivity index (χ4n) is 2.53. The van der Waals surface area contributed by atoms with Crippen LogP contribution in [0.3, 0.4) is 0 Å². The van der Waals surface area contributed by atoms with Gasteiger partial charge in [0, 0.05) is 5.70 Å². The maximum absolute atomic E-state index is 12.5. The second kappa shape index (κ2) is 4.53. The van der Waals surface area contributed by atoms with Crippen LogP contribution in [0.2, 0.25) is 0 Å². The lowest BCUT2D eigenvalue weighted by atomic mass is 9.89. The van der Waals surface area contributed by atoms with E-state index in [1.54, 1.807) is 4.90 Å². The fraction of sp³-hybridized carbons (Fsp3) is 0.286. The Morgan fingerprint density at radius 1 is 1.28 bits per heavy atom. The van der Waals surface area contributed by atoms with Gasteiger partial charge < -0.3 is 5.32 Å². The number of nitrogens with zero attached hydrogens (tertiary/aromatic N) is 1. The van der Waals surface area contributed by atoms with Crippen LogP contribution in [0.5, 0.6) is 0 Å². The van der Waals surface area contributed by atoms with Gasteiger partial charge in [-0.05, 0) is 43.6 Å².